The lowest BCUT2D eigenvalue weighted by atomic mass is 9.99. The average Bonchev–Trinajstić information content (AvgIpc) is 2.74. The summed E-state index contributed by atoms with van der Waals surface area (Å²) in [6.07, 6.45) is 0.156. The second kappa shape index (κ2) is 8.50. The molecule has 10 heteroatoms. The van der Waals surface area contributed by atoms with Crippen LogP contribution in [0.3, 0.4) is 0 Å². The molecular weight excluding hydrogens is 382 g/mol. The van der Waals surface area contributed by atoms with Crippen molar-refractivity contribution in [2.45, 2.75) is 38.2 Å². The first-order valence-electron chi connectivity index (χ1n) is 9.75. The minimum Gasteiger partial charge on any atom is -0.384 e. The van der Waals surface area contributed by atoms with E-state index in [1.54, 1.807) is 0 Å². The van der Waals surface area contributed by atoms with Crippen LogP contribution in [0.25, 0.3) is 11.4 Å². The smallest absolute Gasteiger partial charge is 0.264 e. The Bertz CT molecular complexity index is 863. The van der Waals surface area contributed by atoms with Crippen molar-refractivity contribution >= 4 is 11.8 Å². The van der Waals surface area contributed by atoms with Gasteiger partial charge in [-0.3, -0.25) is 0 Å². The lowest BCUT2D eigenvalue weighted by Crippen LogP contribution is -2.44. The second-order valence-corrected chi connectivity index (χ2v) is 7.32. The molecule has 2 aliphatic rings. The van der Waals surface area contributed by atoms with Crippen LogP contribution >= 0.6 is 0 Å². The Morgan fingerprint density at radius 1 is 1.14 bits per heavy atom. The first-order chi connectivity index (χ1) is 14.0. The van der Waals surface area contributed by atoms with Gasteiger partial charge in [-0.25, -0.2) is 18.7 Å². The molecule has 0 saturated carbocycles. The number of ether oxygens (including phenoxy) is 2. The van der Waals surface area contributed by atoms with E-state index in [0.29, 0.717) is 44.7 Å². The van der Waals surface area contributed by atoms with Crippen LogP contribution in [0.15, 0.2) is 12.3 Å². The molecule has 0 amide bonds. The Labute approximate surface area is 167 Å². The molecule has 2 aromatic heterocycles. The highest BCUT2D eigenvalue weighted by Crippen LogP contribution is 2.33. The first-order valence-corrected chi connectivity index (χ1v) is 9.75. The number of rotatable bonds is 4. The van der Waals surface area contributed by atoms with E-state index in [2.05, 4.69) is 15.0 Å². The van der Waals surface area contributed by atoms with Gasteiger partial charge in [-0.15, -0.1) is 0 Å². The summed E-state index contributed by atoms with van der Waals surface area (Å²) in [6.45, 7) is 5.01. The van der Waals surface area contributed by atoms with Crippen LogP contribution in [0.1, 0.15) is 43.5 Å². The molecule has 2 aromatic rings. The first kappa shape index (κ1) is 19.8. The van der Waals surface area contributed by atoms with Crippen LogP contribution in [-0.4, -0.2) is 59.0 Å². The van der Waals surface area contributed by atoms with E-state index in [1.165, 1.54) is 12.3 Å². The lowest BCUT2D eigenvalue weighted by molar-refractivity contribution is 0.0834. The molecule has 2 N–H and O–H groups in total. The zero-order valence-electron chi connectivity index (χ0n) is 16.2. The minimum atomic E-state index is -2.72. The molecule has 0 spiro atoms. The van der Waals surface area contributed by atoms with Gasteiger partial charge >= 0.3 is 0 Å². The van der Waals surface area contributed by atoms with Crippen LogP contribution in [0.2, 0.25) is 0 Å². The number of hydrogen-bond acceptors (Lipinski definition) is 8. The van der Waals surface area contributed by atoms with Crippen molar-refractivity contribution in [1.82, 2.24) is 19.9 Å². The Balaban J connectivity index is 1.81. The molecule has 29 heavy (non-hydrogen) atoms. The monoisotopic (exact) mass is 406 g/mol. The van der Waals surface area contributed by atoms with Crippen molar-refractivity contribution < 1.29 is 18.3 Å². The number of alkyl halides is 2. The van der Waals surface area contributed by atoms with Crippen LogP contribution in [0.5, 0.6) is 0 Å². The van der Waals surface area contributed by atoms with E-state index in [4.69, 9.17) is 20.2 Å². The standard InChI is InChI=1S/C19H24F2N6O2/c1-11-10-29-7-4-27(11)19-25-17(12-2-5-28-6-3-12)24-18(26-19)14-9-23-15(22)8-13(14)16(20)21/h8-9,11-12,16H,2-7,10H2,1H3,(H2,22,23)/t11-/m1/s1. The maximum Gasteiger partial charge on any atom is 0.264 e. The van der Waals surface area contributed by atoms with Crippen molar-refractivity contribution in [1.29, 1.82) is 0 Å². The predicted molar refractivity (Wildman–Crippen MR) is 103 cm³/mol. The van der Waals surface area contributed by atoms with Gasteiger partial charge in [0.1, 0.15) is 11.6 Å². The summed E-state index contributed by atoms with van der Waals surface area (Å²) in [5, 5.41) is 0. The summed E-state index contributed by atoms with van der Waals surface area (Å²) in [4.78, 5) is 19.8. The summed E-state index contributed by atoms with van der Waals surface area (Å²) in [5.74, 6) is 1.40. The number of nitrogen functional groups attached to an aromatic ring is 1. The zero-order chi connectivity index (χ0) is 20.4. The molecule has 1 atom stereocenters. The number of halogens is 2. The number of nitrogens with zero attached hydrogens (tertiary/aromatic N) is 5. The number of morpholine rings is 1. The normalized spacial score (nSPS) is 21.0. The Hall–Kier alpha value is -2.46. The Morgan fingerprint density at radius 3 is 2.66 bits per heavy atom. The quantitative estimate of drug-likeness (QED) is 0.827. The fourth-order valence-corrected chi connectivity index (χ4v) is 3.65. The molecule has 4 heterocycles. The molecular formula is C19H24F2N6O2. The number of pyridine rings is 1. The third kappa shape index (κ3) is 4.27. The van der Waals surface area contributed by atoms with Crippen LogP contribution in [-0.2, 0) is 9.47 Å². The molecule has 2 fully saturated rings. The molecule has 0 bridgehead atoms. The molecule has 4 rings (SSSR count). The van der Waals surface area contributed by atoms with Crippen LogP contribution in [0.4, 0.5) is 20.5 Å². The van der Waals surface area contributed by atoms with Gasteiger partial charge in [-0.1, -0.05) is 0 Å². The molecule has 0 aliphatic carbocycles. The van der Waals surface area contributed by atoms with Crippen molar-refractivity contribution in [2.24, 2.45) is 0 Å². The van der Waals surface area contributed by atoms with Gasteiger partial charge in [0.2, 0.25) is 5.95 Å². The van der Waals surface area contributed by atoms with E-state index < -0.39 is 6.43 Å². The molecule has 0 unspecified atom stereocenters. The third-order valence-corrected chi connectivity index (χ3v) is 5.28. The van der Waals surface area contributed by atoms with Gasteiger partial charge in [0.15, 0.2) is 5.82 Å². The Kier molecular flexibility index (Phi) is 5.81. The maximum atomic E-state index is 13.7. The van der Waals surface area contributed by atoms with Gasteiger partial charge in [-0.2, -0.15) is 9.97 Å². The summed E-state index contributed by atoms with van der Waals surface area (Å²) in [5.41, 5.74) is 5.56. The summed E-state index contributed by atoms with van der Waals surface area (Å²) in [6, 6.07) is 1.25. The number of anilines is 2. The fourth-order valence-electron chi connectivity index (χ4n) is 3.65. The molecule has 0 aromatic carbocycles. The molecule has 2 aliphatic heterocycles. The SMILES string of the molecule is C[C@@H]1COCCN1c1nc(-c2cnc(N)cc2C(F)F)nc(C2CCOCC2)n1. The average molecular weight is 406 g/mol. The third-order valence-electron chi connectivity index (χ3n) is 5.28. The van der Waals surface area contributed by atoms with Crippen LogP contribution < -0.4 is 10.6 Å². The second-order valence-electron chi connectivity index (χ2n) is 7.32. The van der Waals surface area contributed by atoms with Crippen molar-refractivity contribution in [2.75, 3.05) is 43.6 Å². The topological polar surface area (TPSA) is 99.3 Å². The lowest BCUT2D eigenvalue weighted by Gasteiger charge is -2.34. The van der Waals surface area contributed by atoms with Crippen LogP contribution in [0, 0.1) is 0 Å². The van der Waals surface area contributed by atoms with Gasteiger partial charge in [-0.05, 0) is 25.8 Å². The Morgan fingerprint density at radius 2 is 1.93 bits per heavy atom. The molecule has 156 valence electrons. The van der Waals surface area contributed by atoms with E-state index in [1.807, 2.05) is 11.8 Å². The van der Waals surface area contributed by atoms with Gasteiger partial charge in [0.05, 0.1) is 19.3 Å². The van der Waals surface area contributed by atoms with E-state index in [0.717, 1.165) is 12.8 Å². The van der Waals surface area contributed by atoms with E-state index in [9.17, 15) is 8.78 Å². The van der Waals surface area contributed by atoms with E-state index >= 15 is 0 Å². The summed E-state index contributed by atoms with van der Waals surface area (Å²) >= 11 is 0. The zero-order valence-corrected chi connectivity index (χ0v) is 16.2. The summed E-state index contributed by atoms with van der Waals surface area (Å²) < 4.78 is 38.3. The number of hydrogen-bond donors (Lipinski definition) is 1. The van der Waals surface area contributed by atoms with Gasteiger partial charge in [0, 0.05) is 43.0 Å². The molecule has 0 radical (unpaired) electrons. The van der Waals surface area contributed by atoms with Gasteiger partial charge in [0.25, 0.3) is 6.43 Å². The van der Waals surface area contributed by atoms with Crippen molar-refractivity contribution in [3.63, 3.8) is 0 Å². The highest BCUT2D eigenvalue weighted by Gasteiger charge is 2.27. The minimum absolute atomic E-state index is 0.0322. The highest BCUT2D eigenvalue weighted by molar-refractivity contribution is 5.63. The van der Waals surface area contributed by atoms with E-state index in [-0.39, 0.29) is 34.7 Å². The number of aromatic nitrogens is 4. The molecule has 2 saturated heterocycles. The predicted octanol–water partition coefficient (Wildman–Crippen LogP) is 2.57. The van der Waals surface area contributed by atoms with Gasteiger partial charge < -0.3 is 20.1 Å². The van der Waals surface area contributed by atoms with Crippen molar-refractivity contribution in [3.8, 4) is 11.4 Å². The maximum absolute atomic E-state index is 13.7. The number of nitrogens with two attached hydrogens (primary N) is 1. The highest BCUT2D eigenvalue weighted by atomic mass is 19.3. The fraction of sp³-hybridized carbons (Fsp3) is 0.579. The largest absolute Gasteiger partial charge is 0.384 e. The molecule has 8 nitrogen and oxygen atoms in total. The van der Waals surface area contributed by atoms with Crippen molar-refractivity contribution in [3.05, 3.63) is 23.7 Å². The summed E-state index contributed by atoms with van der Waals surface area (Å²) in [7, 11) is 0.